The molecule has 0 saturated heterocycles. The molecule has 0 saturated carbocycles. The highest BCUT2D eigenvalue weighted by atomic mass is 16.3. The van der Waals surface area contributed by atoms with Crippen LogP contribution in [0.5, 0.6) is 5.75 Å². The molecule has 3 heteroatoms. The van der Waals surface area contributed by atoms with E-state index < -0.39 is 0 Å². The number of rotatable bonds is 4. The predicted molar refractivity (Wildman–Crippen MR) is 125 cm³/mol. The molecule has 150 valence electrons. The molecule has 4 aromatic rings. The van der Waals surface area contributed by atoms with Gasteiger partial charge in [0, 0.05) is 21.9 Å². The van der Waals surface area contributed by atoms with Crippen molar-refractivity contribution in [3.63, 3.8) is 0 Å². The van der Waals surface area contributed by atoms with Crippen molar-refractivity contribution in [3.05, 3.63) is 96.2 Å². The van der Waals surface area contributed by atoms with Gasteiger partial charge in [0.1, 0.15) is 5.75 Å². The van der Waals surface area contributed by atoms with Gasteiger partial charge in [0.05, 0.1) is 23.6 Å². The summed E-state index contributed by atoms with van der Waals surface area (Å²) in [7, 11) is 0. The average molecular weight is 395 g/mol. The van der Waals surface area contributed by atoms with Crippen LogP contribution in [0.2, 0.25) is 0 Å². The van der Waals surface area contributed by atoms with Gasteiger partial charge in [0.2, 0.25) is 0 Å². The Kier molecular flexibility index (Phi) is 5.37. The number of para-hydroxylation sites is 1. The normalized spacial score (nSPS) is 12.3. The second-order valence-electron chi connectivity index (χ2n) is 8.48. The monoisotopic (exact) mass is 394 g/mol. The van der Waals surface area contributed by atoms with Crippen molar-refractivity contribution in [1.29, 1.82) is 0 Å². The van der Waals surface area contributed by atoms with Gasteiger partial charge in [-0.2, -0.15) is 0 Å². The fraction of sp³-hybridized carbons (Fsp3) is 0.185. The number of phenols is 1. The fourth-order valence-corrected chi connectivity index (χ4v) is 3.71. The second-order valence-corrected chi connectivity index (χ2v) is 8.48. The molecular weight excluding hydrogens is 368 g/mol. The Morgan fingerprint density at radius 2 is 1.53 bits per heavy atom. The number of nitrogens with zero attached hydrogens (tertiary/aromatic N) is 2. The molecule has 1 heterocycles. The molecule has 30 heavy (non-hydrogen) atoms. The molecule has 0 radical (unpaired) electrons. The van der Waals surface area contributed by atoms with Crippen molar-refractivity contribution in [2.45, 2.75) is 27.3 Å². The van der Waals surface area contributed by atoms with Crippen LogP contribution in [-0.2, 0) is 6.54 Å². The lowest BCUT2D eigenvalue weighted by Crippen LogP contribution is -2.22. The molecule has 0 aliphatic carbocycles. The third kappa shape index (κ3) is 4.11. The zero-order chi connectivity index (χ0) is 21.1. The van der Waals surface area contributed by atoms with Crippen LogP contribution < -0.4 is 0 Å². The number of benzene rings is 3. The molecule has 0 aliphatic rings. The van der Waals surface area contributed by atoms with Crippen molar-refractivity contribution >= 4 is 16.5 Å². The lowest BCUT2D eigenvalue weighted by molar-refractivity contribution is 0.471. The molecule has 0 fully saturated rings. The standard InChI is InChI=1S/C27H26N2O/c1-27(2,3)26(23-15-9-10-16-24(23)30)28-18-21-17-20-13-7-8-14-22(20)25(29-21)19-11-5-4-6-12-19/h4-17,30H,18H2,1-3H3. The van der Waals surface area contributed by atoms with E-state index >= 15 is 0 Å². The van der Waals surface area contributed by atoms with Gasteiger partial charge in [0.25, 0.3) is 0 Å². The Balaban J connectivity index is 1.81. The first-order valence-corrected chi connectivity index (χ1v) is 10.2. The predicted octanol–water partition coefficient (Wildman–Crippen LogP) is 6.64. The molecule has 3 aromatic carbocycles. The molecule has 0 spiro atoms. The molecule has 0 atom stereocenters. The Labute approximate surface area is 177 Å². The smallest absolute Gasteiger partial charge is 0.124 e. The van der Waals surface area contributed by atoms with E-state index in [0.29, 0.717) is 6.54 Å². The lowest BCUT2D eigenvalue weighted by atomic mass is 9.85. The van der Waals surface area contributed by atoms with E-state index in [0.717, 1.165) is 39.0 Å². The minimum Gasteiger partial charge on any atom is -0.507 e. The Hall–Kier alpha value is -3.46. The molecule has 0 amide bonds. The van der Waals surface area contributed by atoms with Gasteiger partial charge in [-0.15, -0.1) is 0 Å². The van der Waals surface area contributed by atoms with Crippen LogP contribution >= 0.6 is 0 Å². The number of hydrogen-bond acceptors (Lipinski definition) is 3. The Morgan fingerprint density at radius 3 is 2.27 bits per heavy atom. The summed E-state index contributed by atoms with van der Waals surface area (Å²) in [4.78, 5) is 9.90. The minimum atomic E-state index is -0.210. The van der Waals surface area contributed by atoms with Crippen LogP contribution in [0.4, 0.5) is 0 Å². The van der Waals surface area contributed by atoms with Crippen molar-refractivity contribution < 1.29 is 5.11 Å². The zero-order valence-electron chi connectivity index (χ0n) is 17.6. The van der Waals surface area contributed by atoms with Gasteiger partial charge in [-0.1, -0.05) is 87.5 Å². The summed E-state index contributed by atoms with van der Waals surface area (Å²) in [6, 6.07) is 28.1. The highest BCUT2D eigenvalue weighted by Gasteiger charge is 2.23. The third-order valence-electron chi connectivity index (χ3n) is 5.11. The topological polar surface area (TPSA) is 45.5 Å². The van der Waals surface area contributed by atoms with E-state index in [1.54, 1.807) is 6.07 Å². The molecule has 1 aromatic heterocycles. The molecule has 4 rings (SSSR count). The molecule has 1 N–H and O–H groups in total. The largest absolute Gasteiger partial charge is 0.507 e. The van der Waals surface area contributed by atoms with Gasteiger partial charge < -0.3 is 5.11 Å². The SMILES string of the molecule is CC(C)(C)C(=NCc1cc2ccccc2c(-c2ccccc2)n1)c1ccccc1O. The number of fused-ring (bicyclic) bond motifs is 1. The number of pyridine rings is 1. The summed E-state index contributed by atoms with van der Waals surface area (Å²) < 4.78 is 0. The maximum atomic E-state index is 10.4. The second kappa shape index (κ2) is 8.11. The van der Waals surface area contributed by atoms with Crippen molar-refractivity contribution in [2.75, 3.05) is 0 Å². The molecular formula is C27H26N2O. The fourth-order valence-electron chi connectivity index (χ4n) is 3.71. The summed E-state index contributed by atoms with van der Waals surface area (Å²) in [6.45, 7) is 6.79. The maximum absolute atomic E-state index is 10.4. The summed E-state index contributed by atoms with van der Waals surface area (Å²) in [5, 5.41) is 12.7. The van der Waals surface area contributed by atoms with Crippen LogP contribution in [0.1, 0.15) is 32.0 Å². The van der Waals surface area contributed by atoms with Crippen LogP contribution in [0.25, 0.3) is 22.0 Å². The number of hydrogen-bond donors (Lipinski definition) is 1. The summed E-state index contributed by atoms with van der Waals surface area (Å²) >= 11 is 0. The van der Waals surface area contributed by atoms with E-state index in [1.165, 1.54) is 0 Å². The first kappa shape index (κ1) is 19.8. The summed E-state index contributed by atoms with van der Waals surface area (Å²) in [5.41, 5.74) is 4.41. The highest BCUT2D eigenvalue weighted by Crippen LogP contribution is 2.30. The van der Waals surface area contributed by atoms with E-state index in [1.807, 2.05) is 48.5 Å². The zero-order valence-corrected chi connectivity index (χ0v) is 17.6. The maximum Gasteiger partial charge on any atom is 0.124 e. The summed E-state index contributed by atoms with van der Waals surface area (Å²) in [5.74, 6) is 0.252. The molecule has 0 bridgehead atoms. The Morgan fingerprint density at radius 1 is 0.867 bits per heavy atom. The molecule has 3 nitrogen and oxygen atoms in total. The van der Waals surface area contributed by atoms with Gasteiger partial charge in [-0.3, -0.25) is 9.98 Å². The van der Waals surface area contributed by atoms with Crippen molar-refractivity contribution in [1.82, 2.24) is 4.98 Å². The van der Waals surface area contributed by atoms with Crippen LogP contribution in [0, 0.1) is 5.41 Å². The van der Waals surface area contributed by atoms with Gasteiger partial charge in [-0.25, -0.2) is 0 Å². The van der Waals surface area contributed by atoms with E-state index in [9.17, 15) is 5.11 Å². The van der Waals surface area contributed by atoms with Crippen LogP contribution in [0.15, 0.2) is 89.9 Å². The van der Waals surface area contributed by atoms with Crippen molar-refractivity contribution in [3.8, 4) is 17.0 Å². The Bertz CT molecular complexity index is 1200. The minimum absolute atomic E-state index is 0.210. The van der Waals surface area contributed by atoms with Gasteiger partial charge in [0.15, 0.2) is 0 Å². The third-order valence-corrected chi connectivity index (χ3v) is 5.11. The van der Waals surface area contributed by atoms with E-state index in [2.05, 4.69) is 51.1 Å². The van der Waals surface area contributed by atoms with Crippen LogP contribution in [-0.4, -0.2) is 15.8 Å². The highest BCUT2D eigenvalue weighted by molar-refractivity contribution is 6.06. The number of aliphatic imine (C=N–C) groups is 1. The lowest BCUT2D eigenvalue weighted by Gasteiger charge is -2.23. The molecule has 0 aliphatic heterocycles. The summed E-state index contributed by atoms with van der Waals surface area (Å²) in [6.07, 6.45) is 0. The van der Waals surface area contributed by atoms with E-state index in [4.69, 9.17) is 9.98 Å². The average Bonchev–Trinajstić information content (AvgIpc) is 2.74. The number of phenolic OH excluding ortho intramolecular Hbond substituents is 1. The first-order valence-electron chi connectivity index (χ1n) is 10.2. The molecule has 0 unspecified atom stereocenters. The number of aromatic nitrogens is 1. The first-order chi connectivity index (χ1) is 14.4. The number of aromatic hydroxyl groups is 1. The van der Waals surface area contributed by atoms with Crippen LogP contribution in [0.3, 0.4) is 0 Å². The van der Waals surface area contributed by atoms with Gasteiger partial charge >= 0.3 is 0 Å². The van der Waals surface area contributed by atoms with E-state index in [-0.39, 0.29) is 11.2 Å². The van der Waals surface area contributed by atoms with Gasteiger partial charge in [-0.05, 0) is 23.6 Å². The quantitative estimate of drug-likeness (QED) is 0.394. The van der Waals surface area contributed by atoms with Crippen molar-refractivity contribution in [2.24, 2.45) is 10.4 Å².